The summed E-state index contributed by atoms with van der Waals surface area (Å²) in [7, 11) is 2.00. The third-order valence-electron chi connectivity index (χ3n) is 4.04. The van der Waals surface area contributed by atoms with Gasteiger partial charge in [0.05, 0.1) is 11.1 Å². The van der Waals surface area contributed by atoms with Crippen LogP contribution in [-0.4, -0.2) is 19.3 Å². The molecular formula is C16H27ClN4. The van der Waals surface area contributed by atoms with Crippen LogP contribution in [0.3, 0.4) is 0 Å². The minimum atomic E-state index is -0.108. The molecule has 1 atom stereocenters. The Morgan fingerprint density at radius 2 is 1.90 bits per heavy atom. The van der Waals surface area contributed by atoms with Crippen molar-refractivity contribution < 1.29 is 0 Å². The average molecular weight is 311 g/mol. The Morgan fingerprint density at radius 1 is 1.24 bits per heavy atom. The van der Waals surface area contributed by atoms with E-state index in [1.54, 1.807) is 0 Å². The standard InChI is InChI=1S/C16H27ClN4/c1-7-9-12-13-15(20(6)19-12)21(14(18-13)11(3)17)16(4,5)10-8-2/h11H,7-10H2,1-6H3. The molecule has 2 heterocycles. The maximum atomic E-state index is 6.41. The molecule has 0 amide bonds. The second-order valence-corrected chi connectivity index (χ2v) is 7.13. The molecule has 5 heteroatoms. The van der Waals surface area contributed by atoms with Crippen LogP contribution in [0.25, 0.3) is 11.2 Å². The average Bonchev–Trinajstić information content (AvgIpc) is 2.90. The Labute approximate surface area is 132 Å². The molecule has 0 aliphatic carbocycles. The van der Waals surface area contributed by atoms with Crippen LogP contribution >= 0.6 is 11.6 Å². The van der Waals surface area contributed by atoms with Crippen molar-refractivity contribution in [2.75, 3.05) is 0 Å². The fourth-order valence-electron chi connectivity index (χ4n) is 3.19. The molecule has 0 saturated carbocycles. The third-order valence-corrected chi connectivity index (χ3v) is 4.23. The molecule has 0 fully saturated rings. The summed E-state index contributed by atoms with van der Waals surface area (Å²) in [6, 6.07) is 0. The maximum Gasteiger partial charge on any atom is 0.159 e. The lowest BCUT2D eigenvalue weighted by Gasteiger charge is -2.29. The molecule has 4 nitrogen and oxygen atoms in total. The summed E-state index contributed by atoms with van der Waals surface area (Å²) >= 11 is 6.41. The van der Waals surface area contributed by atoms with E-state index >= 15 is 0 Å². The lowest BCUT2D eigenvalue weighted by atomic mass is 9.98. The van der Waals surface area contributed by atoms with Crippen LogP contribution in [0.15, 0.2) is 0 Å². The smallest absolute Gasteiger partial charge is 0.159 e. The van der Waals surface area contributed by atoms with Crippen LogP contribution in [-0.2, 0) is 19.0 Å². The number of nitrogens with zero attached hydrogens (tertiary/aromatic N) is 4. The SMILES string of the molecule is CCCc1nn(C)c2c1nc(C(C)Cl)n2C(C)(C)CCC. The quantitative estimate of drug-likeness (QED) is 0.733. The number of rotatable bonds is 6. The van der Waals surface area contributed by atoms with Gasteiger partial charge in [-0.1, -0.05) is 26.7 Å². The van der Waals surface area contributed by atoms with Crippen molar-refractivity contribution >= 4 is 22.8 Å². The second kappa shape index (κ2) is 5.99. The van der Waals surface area contributed by atoms with E-state index in [4.69, 9.17) is 16.6 Å². The fourth-order valence-corrected chi connectivity index (χ4v) is 3.34. The highest BCUT2D eigenvalue weighted by Gasteiger charge is 2.30. The van der Waals surface area contributed by atoms with Gasteiger partial charge < -0.3 is 4.57 Å². The Morgan fingerprint density at radius 3 is 2.43 bits per heavy atom. The van der Waals surface area contributed by atoms with Crippen LogP contribution in [0.2, 0.25) is 0 Å². The van der Waals surface area contributed by atoms with E-state index in [9.17, 15) is 0 Å². The van der Waals surface area contributed by atoms with E-state index in [0.717, 1.165) is 48.4 Å². The first-order valence-corrected chi connectivity index (χ1v) is 8.35. The molecule has 0 radical (unpaired) electrons. The van der Waals surface area contributed by atoms with Crippen LogP contribution in [0.4, 0.5) is 0 Å². The van der Waals surface area contributed by atoms with Crippen molar-refractivity contribution in [3.8, 4) is 0 Å². The molecule has 0 saturated heterocycles. The number of hydrogen-bond donors (Lipinski definition) is 0. The Kier molecular flexibility index (Phi) is 4.66. The normalized spacial score (nSPS) is 14.0. The third kappa shape index (κ3) is 2.83. The Hall–Kier alpha value is -1.03. The summed E-state index contributed by atoms with van der Waals surface area (Å²) in [6.45, 7) is 10.9. The second-order valence-electron chi connectivity index (χ2n) is 6.48. The molecule has 0 spiro atoms. The van der Waals surface area contributed by atoms with Crippen molar-refractivity contribution in [3.63, 3.8) is 0 Å². The maximum absolute atomic E-state index is 6.41. The fraction of sp³-hybridized carbons (Fsp3) is 0.750. The highest BCUT2D eigenvalue weighted by molar-refractivity contribution is 6.20. The van der Waals surface area contributed by atoms with Crippen molar-refractivity contribution in [2.45, 2.75) is 71.2 Å². The monoisotopic (exact) mass is 310 g/mol. The number of halogens is 1. The zero-order valence-corrected chi connectivity index (χ0v) is 14.8. The molecular weight excluding hydrogens is 284 g/mol. The van der Waals surface area contributed by atoms with E-state index < -0.39 is 0 Å². The molecule has 2 rings (SSSR count). The van der Waals surface area contributed by atoms with Gasteiger partial charge in [-0.25, -0.2) is 4.98 Å². The van der Waals surface area contributed by atoms with Crippen molar-refractivity contribution in [2.24, 2.45) is 7.05 Å². The number of imidazole rings is 1. The highest BCUT2D eigenvalue weighted by Crippen LogP contribution is 2.34. The number of aryl methyl sites for hydroxylation is 2. The lowest BCUT2D eigenvalue weighted by molar-refractivity contribution is 0.319. The van der Waals surface area contributed by atoms with Gasteiger partial charge in [-0.05, 0) is 33.6 Å². The summed E-state index contributed by atoms with van der Waals surface area (Å²) in [5.41, 5.74) is 3.18. The first kappa shape index (κ1) is 16.3. The van der Waals surface area contributed by atoms with E-state index in [0.29, 0.717) is 0 Å². The van der Waals surface area contributed by atoms with Crippen molar-refractivity contribution in [3.05, 3.63) is 11.5 Å². The molecule has 2 aromatic rings. The van der Waals surface area contributed by atoms with Crippen LogP contribution in [0.5, 0.6) is 0 Å². The molecule has 2 aromatic heterocycles. The first-order chi connectivity index (χ1) is 9.83. The molecule has 1 unspecified atom stereocenters. The van der Waals surface area contributed by atoms with Gasteiger partial charge >= 0.3 is 0 Å². The van der Waals surface area contributed by atoms with Crippen LogP contribution in [0, 0.1) is 0 Å². The van der Waals surface area contributed by atoms with Crippen molar-refractivity contribution in [1.29, 1.82) is 0 Å². The predicted molar refractivity (Wildman–Crippen MR) is 89.0 cm³/mol. The minimum Gasteiger partial charge on any atom is -0.306 e. The Bertz CT molecular complexity index is 622. The number of hydrogen-bond acceptors (Lipinski definition) is 2. The van der Waals surface area contributed by atoms with E-state index in [2.05, 4.69) is 37.4 Å². The number of aromatic nitrogens is 4. The molecule has 0 aliphatic rings. The summed E-state index contributed by atoms with van der Waals surface area (Å²) in [5, 5.41) is 4.56. The van der Waals surface area contributed by atoms with E-state index in [-0.39, 0.29) is 10.9 Å². The van der Waals surface area contributed by atoms with Crippen LogP contribution in [0.1, 0.15) is 70.8 Å². The van der Waals surface area contributed by atoms with E-state index in [1.807, 2.05) is 18.7 Å². The largest absolute Gasteiger partial charge is 0.306 e. The van der Waals surface area contributed by atoms with Crippen molar-refractivity contribution in [1.82, 2.24) is 19.3 Å². The molecule has 0 aliphatic heterocycles. The molecule has 0 bridgehead atoms. The van der Waals surface area contributed by atoms with Gasteiger partial charge in [0.1, 0.15) is 11.3 Å². The molecule has 118 valence electrons. The summed E-state index contributed by atoms with van der Waals surface area (Å²) in [4.78, 5) is 4.85. The summed E-state index contributed by atoms with van der Waals surface area (Å²) in [6.07, 6.45) is 4.24. The van der Waals surface area contributed by atoms with E-state index in [1.165, 1.54) is 0 Å². The van der Waals surface area contributed by atoms with Gasteiger partial charge in [0, 0.05) is 12.6 Å². The van der Waals surface area contributed by atoms with Gasteiger partial charge in [-0.15, -0.1) is 11.6 Å². The van der Waals surface area contributed by atoms with Gasteiger partial charge in [0.15, 0.2) is 5.65 Å². The lowest BCUT2D eigenvalue weighted by Crippen LogP contribution is -2.29. The van der Waals surface area contributed by atoms with Gasteiger partial charge in [0.25, 0.3) is 0 Å². The Balaban J connectivity index is 2.74. The molecule has 21 heavy (non-hydrogen) atoms. The zero-order valence-electron chi connectivity index (χ0n) is 14.1. The van der Waals surface area contributed by atoms with Gasteiger partial charge in [-0.2, -0.15) is 5.10 Å². The minimum absolute atomic E-state index is 0.0146. The molecule has 0 N–H and O–H groups in total. The van der Waals surface area contributed by atoms with Crippen LogP contribution < -0.4 is 0 Å². The predicted octanol–water partition coefficient (Wildman–Crippen LogP) is 4.56. The topological polar surface area (TPSA) is 35.6 Å². The zero-order chi connectivity index (χ0) is 15.8. The summed E-state index contributed by atoms with van der Waals surface area (Å²) < 4.78 is 4.27. The summed E-state index contributed by atoms with van der Waals surface area (Å²) in [5.74, 6) is 0.954. The van der Waals surface area contributed by atoms with Gasteiger partial charge in [-0.3, -0.25) is 4.68 Å². The highest BCUT2D eigenvalue weighted by atomic mass is 35.5. The first-order valence-electron chi connectivity index (χ1n) is 7.92. The number of alkyl halides is 1. The molecule has 0 aromatic carbocycles. The van der Waals surface area contributed by atoms with Gasteiger partial charge in [0.2, 0.25) is 0 Å². The number of fused-ring (bicyclic) bond motifs is 1.